The van der Waals surface area contributed by atoms with E-state index in [1.165, 1.54) is 0 Å². The smallest absolute Gasteiger partial charge is 0.243 e. The number of benzene rings is 1. The summed E-state index contributed by atoms with van der Waals surface area (Å²) in [6.07, 6.45) is 1.86. The van der Waals surface area contributed by atoms with Crippen LogP contribution < -0.4 is 5.73 Å². The van der Waals surface area contributed by atoms with Crippen molar-refractivity contribution >= 4 is 10.0 Å². The first-order valence-corrected chi connectivity index (χ1v) is 8.21. The van der Waals surface area contributed by atoms with Gasteiger partial charge in [0.25, 0.3) is 0 Å². The van der Waals surface area contributed by atoms with E-state index in [4.69, 9.17) is 5.73 Å². The molecule has 0 amide bonds. The Hall–Kier alpha value is -0.910. The van der Waals surface area contributed by atoms with E-state index >= 15 is 0 Å². The maximum absolute atomic E-state index is 12.6. The highest BCUT2D eigenvalue weighted by molar-refractivity contribution is 7.89. The van der Waals surface area contributed by atoms with Crippen molar-refractivity contribution in [2.24, 2.45) is 5.73 Å². The van der Waals surface area contributed by atoms with Crippen molar-refractivity contribution < 1.29 is 8.42 Å². The first-order valence-electron chi connectivity index (χ1n) is 6.77. The Morgan fingerprint density at radius 2 is 1.95 bits per heavy atom. The number of aryl methyl sites for hydroxylation is 1. The molecule has 2 N–H and O–H groups in total. The van der Waals surface area contributed by atoms with Gasteiger partial charge in [-0.15, -0.1) is 0 Å². The minimum Gasteiger partial charge on any atom is -0.326 e. The molecule has 4 nitrogen and oxygen atoms in total. The molecule has 108 valence electrons. The van der Waals surface area contributed by atoms with Crippen LogP contribution >= 0.6 is 0 Å². The Bertz CT molecular complexity index is 512. The summed E-state index contributed by atoms with van der Waals surface area (Å²) in [7, 11) is -3.41. The number of nitrogens with zero attached hydrogens (tertiary/aromatic N) is 1. The molecular formula is C14H24N2O2S. The molecule has 0 spiro atoms. The molecule has 0 saturated carbocycles. The second-order valence-electron chi connectivity index (χ2n) is 4.65. The lowest BCUT2D eigenvalue weighted by atomic mass is 10.1. The minimum absolute atomic E-state index is 0.351. The molecule has 1 aromatic rings. The van der Waals surface area contributed by atoms with Crippen LogP contribution in [0.15, 0.2) is 23.1 Å². The number of rotatable bonds is 7. The molecule has 0 bridgehead atoms. The summed E-state index contributed by atoms with van der Waals surface area (Å²) >= 11 is 0. The summed E-state index contributed by atoms with van der Waals surface area (Å²) < 4.78 is 26.8. The van der Waals surface area contributed by atoms with Crippen molar-refractivity contribution in [3.63, 3.8) is 0 Å². The van der Waals surface area contributed by atoms with Crippen LogP contribution in [0.3, 0.4) is 0 Å². The molecule has 19 heavy (non-hydrogen) atoms. The summed E-state index contributed by atoms with van der Waals surface area (Å²) in [5.74, 6) is 0. The molecule has 0 unspecified atom stereocenters. The van der Waals surface area contributed by atoms with Gasteiger partial charge in [0, 0.05) is 19.6 Å². The fourth-order valence-corrected chi connectivity index (χ4v) is 3.73. The normalized spacial score (nSPS) is 12.1. The highest BCUT2D eigenvalue weighted by Gasteiger charge is 2.24. The lowest BCUT2D eigenvalue weighted by Crippen LogP contribution is -2.32. The van der Waals surface area contributed by atoms with E-state index in [1.54, 1.807) is 10.4 Å². The lowest BCUT2D eigenvalue weighted by Gasteiger charge is -2.21. The second kappa shape index (κ2) is 7.03. The number of sulfonamides is 1. The van der Waals surface area contributed by atoms with Crippen LogP contribution in [0.1, 0.15) is 37.8 Å². The third kappa shape index (κ3) is 3.78. The Kier molecular flexibility index (Phi) is 5.97. The fourth-order valence-electron chi connectivity index (χ4n) is 1.97. The van der Waals surface area contributed by atoms with Crippen molar-refractivity contribution in [3.8, 4) is 0 Å². The predicted octanol–water partition coefficient (Wildman–Crippen LogP) is 2.26. The molecule has 5 heteroatoms. The Morgan fingerprint density at radius 3 is 2.47 bits per heavy atom. The second-order valence-corrected chi connectivity index (χ2v) is 6.56. The van der Waals surface area contributed by atoms with Crippen molar-refractivity contribution in [2.75, 3.05) is 13.1 Å². The van der Waals surface area contributed by atoms with E-state index in [9.17, 15) is 8.42 Å². The topological polar surface area (TPSA) is 63.4 Å². The zero-order valence-electron chi connectivity index (χ0n) is 12.0. The first-order chi connectivity index (χ1) is 8.97. The first kappa shape index (κ1) is 16.1. The highest BCUT2D eigenvalue weighted by atomic mass is 32.2. The molecule has 1 aromatic carbocycles. The number of hydrogen-bond acceptors (Lipinski definition) is 3. The zero-order chi connectivity index (χ0) is 14.5. The van der Waals surface area contributed by atoms with Gasteiger partial charge in [0.2, 0.25) is 10.0 Å². The van der Waals surface area contributed by atoms with Crippen molar-refractivity contribution in [1.29, 1.82) is 0 Å². The number of nitrogens with two attached hydrogens (primary N) is 1. The van der Waals surface area contributed by atoms with E-state index < -0.39 is 10.0 Å². The maximum atomic E-state index is 12.6. The third-order valence-corrected chi connectivity index (χ3v) is 5.34. The van der Waals surface area contributed by atoms with Crippen molar-refractivity contribution in [3.05, 3.63) is 29.3 Å². The maximum Gasteiger partial charge on any atom is 0.243 e. The van der Waals surface area contributed by atoms with Crippen LogP contribution in [0.4, 0.5) is 0 Å². The van der Waals surface area contributed by atoms with E-state index in [-0.39, 0.29) is 0 Å². The van der Waals surface area contributed by atoms with Gasteiger partial charge in [-0.2, -0.15) is 4.31 Å². The molecule has 0 radical (unpaired) electrons. The van der Waals surface area contributed by atoms with Gasteiger partial charge in [-0.1, -0.05) is 32.4 Å². The van der Waals surface area contributed by atoms with Gasteiger partial charge in [-0.05, 0) is 30.5 Å². The van der Waals surface area contributed by atoms with E-state index in [2.05, 4.69) is 6.92 Å². The summed E-state index contributed by atoms with van der Waals surface area (Å²) in [6.45, 7) is 7.16. The molecule has 0 heterocycles. The van der Waals surface area contributed by atoms with Crippen LogP contribution in [0.5, 0.6) is 0 Å². The Labute approximate surface area is 116 Å². The molecule has 0 saturated heterocycles. The predicted molar refractivity (Wildman–Crippen MR) is 78.4 cm³/mol. The van der Waals surface area contributed by atoms with Crippen LogP contribution in [-0.4, -0.2) is 25.8 Å². The largest absolute Gasteiger partial charge is 0.326 e. The lowest BCUT2D eigenvalue weighted by molar-refractivity contribution is 0.418. The minimum atomic E-state index is -3.41. The van der Waals surface area contributed by atoms with Gasteiger partial charge < -0.3 is 5.73 Å². The van der Waals surface area contributed by atoms with Gasteiger partial charge in [-0.25, -0.2) is 8.42 Å². The quantitative estimate of drug-likeness (QED) is 0.835. The summed E-state index contributed by atoms with van der Waals surface area (Å²) in [4.78, 5) is 0.383. The fraction of sp³-hybridized carbons (Fsp3) is 0.571. The van der Waals surface area contributed by atoms with Crippen molar-refractivity contribution in [1.82, 2.24) is 4.31 Å². The van der Waals surface area contributed by atoms with Crippen LogP contribution in [0.2, 0.25) is 0 Å². The SMILES string of the molecule is CCCCN(CC)S(=O)(=O)c1cc(CN)ccc1C. The molecule has 0 aliphatic rings. The third-order valence-electron chi connectivity index (χ3n) is 3.22. The summed E-state index contributed by atoms with van der Waals surface area (Å²) in [5, 5.41) is 0. The van der Waals surface area contributed by atoms with E-state index in [1.807, 2.05) is 26.0 Å². The highest BCUT2D eigenvalue weighted by Crippen LogP contribution is 2.21. The number of unbranched alkanes of at least 4 members (excludes halogenated alkanes) is 1. The van der Waals surface area contributed by atoms with Gasteiger partial charge >= 0.3 is 0 Å². The van der Waals surface area contributed by atoms with E-state index in [0.29, 0.717) is 24.5 Å². The molecule has 0 fully saturated rings. The molecule has 0 aromatic heterocycles. The van der Waals surface area contributed by atoms with Crippen LogP contribution in [0.25, 0.3) is 0 Å². The monoisotopic (exact) mass is 284 g/mol. The van der Waals surface area contributed by atoms with Crippen LogP contribution in [0, 0.1) is 6.92 Å². The summed E-state index contributed by atoms with van der Waals surface area (Å²) in [5.41, 5.74) is 7.21. The molecular weight excluding hydrogens is 260 g/mol. The molecule has 0 atom stereocenters. The van der Waals surface area contributed by atoms with Crippen molar-refractivity contribution in [2.45, 2.75) is 45.1 Å². The Balaban J connectivity index is 3.17. The van der Waals surface area contributed by atoms with Gasteiger partial charge in [0.1, 0.15) is 0 Å². The number of hydrogen-bond donors (Lipinski definition) is 1. The van der Waals surface area contributed by atoms with Gasteiger partial charge in [0.15, 0.2) is 0 Å². The van der Waals surface area contributed by atoms with Gasteiger partial charge in [0.05, 0.1) is 4.90 Å². The Morgan fingerprint density at radius 1 is 1.26 bits per heavy atom. The molecule has 1 rings (SSSR count). The molecule has 0 aliphatic carbocycles. The average molecular weight is 284 g/mol. The zero-order valence-corrected chi connectivity index (χ0v) is 12.8. The standard InChI is InChI=1S/C14H24N2O2S/c1-4-6-9-16(5-2)19(17,18)14-10-13(11-15)8-7-12(14)3/h7-8,10H,4-6,9,11,15H2,1-3H3. The average Bonchev–Trinajstić information content (AvgIpc) is 2.39. The van der Waals surface area contributed by atoms with Crippen LogP contribution in [-0.2, 0) is 16.6 Å². The van der Waals surface area contributed by atoms with E-state index in [0.717, 1.165) is 24.0 Å². The molecule has 0 aliphatic heterocycles. The van der Waals surface area contributed by atoms with Gasteiger partial charge in [-0.3, -0.25) is 0 Å². The summed E-state index contributed by atoms with van der Waals surface area (Å²) in [6, 6.07) is 5.39.